The maximum Gasteiger partial charge on any atom is 0.222 e. The molecule has 0 spiro atoms. The van der Waals surface area contributed by atoms with E-state index in [0.29, 0.717) is 13.0 Å². The molecule has 1 aromatic rings. The summed E-state index contributed by atoms with van der Waals surface area (Å²) in [7, 11) is 3.28. The summed E-state index contributed by atoms with van der Waals surface area (Å²) in [6.45, 7) is 2.74. The molecule has 0 radical (unpaired) electrons. The number of carbonyl (C=O) groups excluding carboxylic acids is 1. The molecule has 1 amide bonds. The number of likely N-dealkylation sites (tertiary alicyclic amines) is 1. The smallest absolute Gasteiger partial charge is 0.222 e. The van der Waals surface area contributed by atoms with Crippen molar-refractivity contribution in [3.63, 3.8) is 0 Å². The summed E-state index contributed by atoms with van der Waals surface area (Å²) in [5.74, 6) is 0.0951. The van der Waals surface area contributed by atoms with Crippen LogP contribution in [0.15, 0.2) is 18.2 Å². The minimum Gasteiger partial charge on any atom is -0.494 e. The van der Waals surface area contributed by atoms with E-state index in [-0.39, 0.29) is 29.6 Å². The zero-order valence-electron chi connectivity index (χ0n) is 12.1. The number of piperidine rings is 1. The first-order valence-electron chi connectivity index (χ1n) is 6.84. The molecule has 20 heavy (non-hydrogen) atoms. The van der Waals surface area contributed by atoms with E-state index in [0.717, 1.165) is 12.0 Å². The molecule has 1 heterocycles. The van der Waals surface area contributed by atoms with Crippen molar-refractivity contribution < 1.29 is 13.9 Å². The quantitative estimate of drug-likeness (QED) is 0.918. The summed E-state index contributed by atoms with van der Waals surface area (Å²) in [5, 5.41) is 3.48. The third kappa shape index (κ3) is 3.28. The number of carbonyl (C=O) groups is 1. The van der Waals surface area contributed by atoms with Gasteiger partial charge in [-0.3, -0.25) is 4.79 Å². The van der Waals surface area contributed by atoms with E-state index in [1.807, 2.05) is 14.0 Å². The summed E-state index contributed by atoms with van der Waals surface area (Å²) in [5.41, 5.74) is 0.975. The second-order valence-corrected chi connectivity index (χ2v) is 5.29. The Labute approximate surface area is 118 Å². The number of hydrogen-bond acceptors (Lipinski definition) is 3. The van der Waals surface area contributed by atoms with Crippen molar-refractivity contribution in [2.45, 2.75) is 31.8 Å². The molecule has 110 valence electrons. The lowest BCUT2D eigenvalue weighted by Crippen LogP contribution is -2.47. The van der Waals surface area contributed by atoms with Gasteiger partial charge in [0.15, 0.2) is 11.6 Å². The molecule has 5 heteroatoms. The SMILES string of the molecule is COc1cc([C@@H](C)N[C@H]2CCC(=O)N(C)C2)ccc1F. The maximum absolute atomic E-state index is 13.4. The van der Waals surface area contributed by atoms with Crippen molar-refractivity contribution >= 4 is 5.91 Å². The Morgan fingerprint density at radius 2 is 2.25 bits per heavy atom. The molecule has 1 fully saturated rings. The zero-order valence-corrected chi connectivity index (χ0v) is 12.1. The van der Waals surface area contributed by atoms with Gasteiger partial charge in [-0.2, -0.15) is 0 Å². The lowest BCUT2D eigenvalue weighted by molar-refractivity contribution is -0.132. The number of methoxy groups -OCH3 is 1. The van der Waals surface area contributed by atoms with E-state index in [4.69, 9.17) is 4.74 Å². The van der Waals surface area contributed by atoms with Crippen LogP contribution in [0.25, 0.3) is 0 Å². The van der Waals surface area contributed by atoms with Gasteiger partial charge in [0, 0.05) is 32.1 Å². The Morgan fingerprint density at radius 1 is 1.50 bits per heavy atom. The first-order chi connectivity index (χ1) is 9.51. The average Bonchev–Trinajstić information content (AvgIpc) is 2.43. The van der Waals surface area contributed by atoms with Crippen molar-refractivity contribution in [3.8, 4) is 5.75 Å². The minimum atomic E-state index is -0.355. The standard InChI is InChI=1S/C15H21FN2O2/c1-10(11-4-6-13(16)14(8-11)20-3)17-12-5-7-15(19)18(2)9-12/h4,6,8,10,12,17H,5,7,9H2,1-3H3/t10-,12+/m1/s1. The van der Waals surface area contributed by atoms with E-state index in [1.54, 1.807) is 17.0 Å². The van der Waals surface area contributed by atoms with Gasteiger partial charge >= 0.3 is 0 Å². The molecule has 1 saturated heterocycles. The highest BCUT2D eigenvalue weighted by Crippen LogP contribution is 2.23. The highest BCUT2D eigenvalue weighted by atomic mass is 19.1. The molecule has 0 unspecified atom stereocenters. The Balaban J connectivity index is 2.01. The lowest BCUT2D eigenvalue weighted by atomic mass is 10.0. The molecular weight excluding hydrogens is 259 g/mol. The van der Waals surface area contributed by atoms with Crippen molar-refractivity contribution in [2.24, 2.45) is 0 Å². The fourth-order valence-corrected chi connectivity index (χ4v) is 2.54. The normalized spacial score (nSPS) is 20.9. The van der Waals surface area contributed by atoms with Crippen LogP contribution in [0.1, 0.15) is 31.4 Å². The number of nitrogens with zero attached hydrogens (tertiary/aromatic N) is 1. The lowest BCUT2D eigenvalue weighted by Gasteiger charge is -2.32. The summed E-state index contributed by atoms with van der Waals surface area (Å²) in [4.78, 5) is 13.2. The highest BCUT2D eigenvalue weighted by molar-refractivity contribution is 5.76. The highest BCUT2D eigenvalue weighted by Gasteiger charge is 2.24. The molecule has 2 atom stereocenters. The van der Waals surface area contributed by atoms with Gasteiger partial charge in [-0.15, -0.1) is 0 Å². The van der Waals surface area contributed by atoms with Crippen LogP contribution in [-0.2, 0) is 4.79 Å². The number of amides is 1. The second-order valence-electron chi connectivity index (χ2n) is 5.29. The summed E-state index contributed by atoms with van der Waals surface area (Å²) < 4.78 is 18.4. The van der Waals surface area contributed by atoms with Gasteiger partial charge in [0.1, 0.15) is 0 Å². The topological polar surface area (TPSA) is 41.6 Å². The minimum absolute atomic E-state index is 0.0797. The van der Waals surface area contributed by atoms with Crippen LogP contribution in [0.2, 0.25) is 0 Å². The Bertz CT molecular complexity index is 493. The molecule has 0 saturated carbocycles. The van der Waals surface area contributed by atoms with Gasteiger partial charge in [0.2, 0.25) is 5.91 Å². The van der Waals surface area contributed by atoms with Crippen molar-refractivity contribution in [1.29, 1.82) is 0 Å². The second kappa shape index (κ2) is 6.22. The number of likely N-dealkylation sites (N-methyl/N-ethyl adjacent to an activating group) is 1. The monoisotopic (exact) mass is 280 g/mol. The predicted octanol–water partition coefficient (Wildman–Crippen LogP) is 2.11. The number of hydrogen-bond donors (Lipinski definition) is 1. The molecule has 2 rings (SSSR count). The number of ether oxygens (including phenoxy) is 1. The number of halogens is 1. The van der Waals surface area contributed by atoms with Crippen molar-refractivity contribution in [2.75, 3.05) is 20.7 Å². The van der Waals surface area contributed by atoms with E-state index in [2.05, 4.69) is 5.32 Å². The first kappa shape index (κ1) is 14.8. The van der Waals surface area contributed by atoms with Gasteiger partial charge in [-0.25, -0.2) is 4.39 Å². The molecule has 1 aliphatic heterocycles. The van der Waals surface area contributed by atoms with Crippen LogP contribution < -0.4 is 10.1 Å². The van der Waals surface area contributed by atoms with E-state index < -0.39 is 0 Å². The molecule has 4 nitrogen and oxygen atoms in total. The van der Waals surface area contributed by atoms with Gasteiger partial charge < -0.3 is 15.0 Å². The van der Waals surface area contributed by atoms with Gasteiger partial charge in [0.05, 0.1) is 7.11 Å². The van der Waals surface area contributed by atoms with Crippen LogP contribution >= 0.6 is 0 Å². The molecule has 0 aliphatic carbocycles. The summed E-state index contributed by atoms with van der Waals surface area (Å²) in [6, 6.07) is 5.24. The zero-order chi connectivity index (χ0) is 14.7. The fraction of sp³-hybridized carbons (Fsp3) is 0.533. The predicted molar refractivity (Wildman–Crippen MR) is 75.2 cm³/mol. The molecule has 0 aromatic heterocycles. The Morgan fingerprint density at radius 3 is 2.90 bits per heavy atom. The van der Waals surface area contributed by atoms with Crippen LogP contribution in [0.5, 0.6) is 5.75 Å². The first-order valence-corrected chi connectivity index (χ1v) is 6.84. The van der Waals surface area contributed by atoms with Gasteiger partial charge in [-0.05, 0) is 31.0 Å². The third-order valence-corrected chi connectivity index (χ3v) is 3.79. The molecule has 1 aromatic carbocycles. The van der Waals surface area contributed by atoms with Crippen LogP contribution in [0, 0.1) is 5.82 Å². The Hall–Kier alpha value is -1.62. The van der Waals surface area contributed by atoms with E-state index in [1.165, 1.54) is 13.2 Å². The van der Waals surface area contributed by atoms with E-state index >= 15 is 0 Å². The number of nitrogens with one attached hydrogen (secondary N) is 1. The summed E-state index contributed by atoms with van der Waals surface area (Å²) in [6.07, 6.45) is 1.42. The van der Waals surface area contributed by atoms with Crippen LogP contribution in [-0.4, -0.2) is 37.6 Å². The fourth-order valence-electron chi connectivity index (χ4n) is 2.54. The molecule has 1 aliphatic rings. The average molecular weight is 280 g/mol. The number of rotatable bonds is 4. The third-order valence-electron chi connectivity index (χ3n) is 3.79. The molecule has 0 bridgehead atoms. The largest absolute Gasteiger partial charge is 0.494 e. The van der Waals surface area contributed by atoms with Crippen LogP contribution in [0.3, 0.4) is 0 Å². The summed E-state index contributed by atoms with van der Waals surface area (Å²) >= 11 is 0. The van der Waals surface area contributed by atoms with Gasteiger partial charge in [-0.1, -0.05) is 6.07 Å². The van der Waals surface area contributed by atoms with Crippen molar-refractivity contribution in [3.05, 3.63) is 29.6 Å². The molecular formula is C15H21FN2O2. The van der Waals surface area contributed by atoms with Crippen molar-refractivity contribution in [1.82, 2.24) is 10.2 Å². The van der Waals surface area contributed by atoms with Gasteiger partial charge in [0.25, 0.3) is 0 Å². The van der Waals surface area contributed by atoms with Crippen LogP contribution in [0.4, 0.5) is 4.39 Å². The molecule has 1 N–H and O–H groups in total. The van der Waals surface area contributed by atoms with E-state index in [9.17, 15) is 9.18 Å². The maximum atomic E-state index is 13.4. The number of benzene rings is 1. The Kier molecular flexibility index (Phi) is 4.60.